The van der Waals surface area contributed by atoms with E-state index in [0.717, 1.165) is 0 Å². The Kier molecular flexibility index (Phi) is 6.51. The highest BCUT2D eigenvalue weighted by atomic mass is 35.5. The molecule has 0 saturated heterocycles. The van der Waals surface area contributed by atoms with Crippen molar-refractivity contribution in [2.24, 2.45) is 0 Å². The predicted molar refractivity (Wildman–Crippen MR) is 126 cm³/mol. The number of anilines is 3. The summed E-state index contributed by atoms with van der Waals surface area (Å²) in [5.74, 6) is -1.88. The lowest BCUT2D eigenvalue weighted by Gasteiger charge is -2.35. The van der Waals surface area contributed by atoms with Crippen molar-refractivity contribution < 1.29 is 18.8 Å². The van der Waals surface area contributed by atoms with E-state index in [1.165, 1.54) is 35.2 Å². The summed E-state index contributed by atoms with van der Waals surface area (Å²) >= 11 is 6.17. The molecule has 0 saturated carbocycles. The Morgan fingerprint density at radius 1 is 1.03 bits per heavy atom. The van der Waals surface area contributed by atoms with Crippen molar-refractivity contribution >= 4 is 52.5 Å². The van der Waals surface area contributed by atoms with Gasteiger partial charge in [0, 0.05) is 16.8 Å². The van der Waals surface area contributed by atoms with Gasteiger partial charge in [-0.1, -0.05) is 41.9 Å². The maximum atomic E-state index is 13.2. The van der Waals surface area contributed by atoms with Crippen molar-refractivity contribution in [2.75, 3.05) is 15.5 Å². The van der Waals surface area contributed by atoms with Crippen LogP contribution in [-0.2, 0) is 14.4 Å². The Hall–Kier alpha value is -3.97. The lowest BCUT2D eigenvalue weighted by molar-refractivity contribution is -0.124. The van der Waals surface area contributed by atoms with Crippen LogP contribution in [0.15, 0.2) is 78.9 Å². The lowest BCUT2D eigenvalue weighted by atomic mass is 10.0. The Morgan fingerprint density at radius 3 is 2.48 bits per heavy atom. The summed E-state index contributed by atoms with van der Waals surface area (Å²) in [7, 11) is 0. The van der Waals surface area contributed by atoms with Gasteiger partial charge in [0.15, 0.2) is 0 Å². The highest BCUT2D eigenvalue weighted by Gasteiger charge is 2.37. The first kappa shape index (κ1) is 22.2. The average Bonchev–Trinajstić information content (AvgIpc) is 2.80. The zero-order valence-electron chi connectivity index (χ0n) is 17.3. The van der Waals surface area contributed by atoms with E-state index < -0.39 is 29.6 Å². The Balaban J connectivity index is 1.60. The van der Waals surface area contributed by atoms with Gasteiger partial charge in [0.1, 0.15) is 11.9 Å². The van der Waals surface area contributed by atoms with Gasteiger partial charge in [-0.2, -0.15) is 0 Å². The van der Waals surface area contributed by atoms with Gasteiger partial charge in [-0.15, -0.1) is 0 Å². The number of nitrogens with zero attached hydrogens (tertiary/aromatic N) is 1. The quantitative estimate of drug-likeness (QED) is 0.529. The van der Waals surface area contributed by atoms with Crippen LogP contribution in [-0.4, -0.2) is 23.8 Å². The average molecular weight is 464 g/mol. The third-order valence-electron chi connectivity index (χ3n) is 5.09. The van der Waals surface area contributed by atoms with E-state index in [0.29, 0.717) is 27.6 Å². The number of nitrogens with one attached hydrogen (secondary N) is 2. The van der Waals surface area contributed by atoms with Crippen molar-refractivity contribution in [1.82, 2.24) is 0 Å². The van der Waals surface area contributed by atoms with Crippen LogP contribution in [0.2, 0.25) is 5.02 Å². The summed E-state index contributed by atoms with van der Waals surface area (Å²) in [5.41, 5.74) is 1.98. The number of amides is 3. The third-order valence-corrected chi connectivity index (χ3v) is 5.43. The van der Waals surface area contributed by atoms with Crippen molar-refractivity contribution in [3.8, 4) is 0 Å². The first-order valence-electron chi connectivity index (χ1n) is 10.1. The van der Waals surface area contributed by atoms with E-state index in [4.69, 9.17) is 11.6 Å². The maximum absolute atomic E-state index is 13.2. The molecule has 3 aromatic carbocycles. The van der Waals surface area contributed by atoms with Crippen LogP contribution >= 0.6 is 11.6 Å². The number of hydrogen-bond acceptors (Lipinski definition) is 3. The molecular weight excluding hydrogens is 445 g/mol. The van der Waals surface area contributed by atoms with E-state index in [1.54, 1.807) is 54.6 Å². The number of rotatable bonds is 5. The molecule has 33 heavy (non-hydrogen) atoms. The highest BCUT2D eigenvalue weighted by molar-refractivity contribution is 6.32. The van der Waals surface area contributed by atoms with Crippen LogP contribution in [0.3, 0.4) is 0 Å². The molecule has 3 amide bonds. The molecule has 1 aliphatic rings. The number of fused-ring (bicyclic) bond motifs is 1. The van der Waals surface area contributed by atoms with E-state index in [1.807, 2.05) is 0 Å². The first-order chi connectivity index (χ1) is 15.9. The Labute approximate surface area is 194 Å². The first-order valence-corrected chi connectivity index (χ1v) is 10.5. The second-order valence-corrected chi connectivity index (χ2v) is 7.75. The summed E-state index contributed by atoms with van der Waals surface area (Å²) in [6.45, 7) is 0. The molecule has 8 heteroatoms. The van der Waals surface area contributed by atoms with E-state index in [9.17, 15) is 18.8 Å². The standard InChI is InChI=1S/C25H19ClFN3O3/c26-19-6-2-1-5-16(19)9-14-24(32)30-21-8-4-3-7-20(21)29-25(33)22(30)15-23(31)28-18-12-10-17(27)11-13-18/h1-14,22H,15H2,(H,28,31)(H,29,33)/b14-9+/t22-/m1/s1. The minimum Gasteiger partial charge on any atom is -0.326 e. The number of carbonyl (C=O) groups excluding carboxylic acids is 3. The van der Waals surface area contributed by atoms with E-state index in [-0.39, 0.29) is 6.42 Å². The molecule has 0 fully saturated rings. The Bertz CT molecular complexity index is 1240. The molecule has 166 valence electrons. The summed E-state index contributed by atoms with van der Waals surface area (Å²) in [5, 5.41) is 5.85. The van der Waals surface area contributed by atoms with Gasteiger partial charge in [-0.3, -0.25) is 19.3 Å². The summed E-state index contributed by atoms with van der Waals surface area (Å²) in [6.07, 6.45) is 2.60. The summed E-state index contributed by atoms with van der Waals surface area (Å²) in [4.78, 5) is 40.0. The smallest absolute Gasteiger partial charge is 0.251 e. The van der Waals surface area contributed by atoms with E-state index in [2.05, 4.69) is 10.6 Å². The zero-order valence-corrected chi connectivity index (χ0v) is 18.1. The van der Waals surface area contributed by atoms with Crippen molar-refractivity contribution in [3.05, 3.63) is 95.3 Å². The number of benzene rings is 3. The normalized spacial score (nSPS) is 15.2. The molecule has 0 aromatic heterocycles. The molecule has 6 nitrogen and oxygen atoms in total. The third kappa shape index (κ3) is 5.10. The lowest BCUT2D eigenvalue weighted by Crippen LogP contribution is -2.52. The fraction of sp³-hybridized carbons (Fsp3) is 0.0800. The fourth-order valence-electron chi connectivity index (χ4n) is 3.52. The summed E-state index contributed by atoms with van der Waals surface area (Å²) < 4.78 is 13.1. The minimum absolute atomic E-state index is 0.288. The van der Waals surface area contributed by atoms with Crippen molar-refractivity contribution in [1.29, 1.82) is 0 Å². The SMILES string of the molecule is O=C(C[C@@H]1C(=O)Nc2ccccc2N1C(=O)/C=C/c1ccccc1Cl)Nc1ccc(F)cc1. The molecule has 1 atom stereocenters. The minimum atomic E-state index is -1.08. The second-order valence-electron chi connectivity index (χ2n) is 7.34. The molecule has 1 heterocycles. The van der Waals surface area contributed by atoms with Gasteiger partial charge in [0.25, 0.3) is 5.91 Å². The largest absolute Gasteiger partial charge is 0.326 e. The van der Waals surface area contributed by atoms with Gasteiger partial charge < -0.3 is 10.6 Å². The van der Waals surface area contributed by atoms with Crippen LogP contribution in [0.25, 0.3) is 6.08 Å². The van der Waals surface area contributed by atoms with Crippen LogP contribution in [0.1, 0.15) is 12.0 Å². The summed E-state index contributed by atoms with van der Waals surface area (Å²) in [6, 6.07) is 18.1. The zero-order chi connectivity index (χ0) is 23.4. The second kappa shape index (κ2) is 9.67. The number of halogens is 2. The fourth-order valence-corrected chi connectivity index (χ4v) is 3.72. The van der Waals surface area contributed by atoms with Crippen molar-refractivity contribution in [3.63, 3.8) is 0 Å². The molecule has 1 aliphatic heterocycles. The topological polar surface area (TPSA) is 78.5 Å². The van der Waals surface area contributed by atoms with Crippen LogP contribution in [0, 0.1) is 5.82 Å². The number of hydrogen-bond donors (Lipinski definition) is 2. The van der Waals surface area contributed by atoms with Crippen LogP contribution in [0.4, 0.5) is 21.5 Å². The monoisotopic (exact) mass is 463 g/mol. The molecule has 0 radical (unpaired) electrons. The molecule has 0 aliphatic carbocycles. The maximum Gasteiger partial charge on any atom is 0.251 e. The Morgan fingerprint density at radius 2 is 1.73 bits per heavy atom. The van der Waals surface area contributed by atoms with Gasteiger partial charge in [-0.25, -0.2) is 4.39 Å². The number of para-hydroxylation sites is 2. The highest BCUT2D eigenvalue weighted by Crippen LogP contribution is 2.33. The molecule has 0 unspecified atom stereocenters. The van der Waals surface area contributed by atoms with Gasteiger partial charge in [-0.05, 0) is 54.1 Å². The molecule has 3 aromatic rings. The number of carbonyl (C=O) groups is 3. The van der Waals surface area contributed by atoms with Gasteiger partial charge in [0.2, 0.25) is 11.8 Å². The molecule has 0 bridgehead atoms. The van der Waals surface area contributed by atoms with Crippen LogP contribution in [0.5, 0.6) is 0 Å². The van der Waals surface area contributed by atoms with Gasteiger partial charge >= 0.3 is 0 Å². The molecular formula is C25H19ClFN3O3. The van der Waals surface area contributed by atoms with Crippen molar-refractivity contribution in [2.45, 2.75) is 12.5 Å². The van der Waals surface area contributed by atoms with E-state index >= 15 is 0 Å². The van der Waals surface area contributed by atoms with Gasteiger partial charge in [0.05, 0.1) is 17.8 Å². The van der Waals surface area contributed by atoms with Crippen LogP contribution < -0.4 is 15.5 Å². The predicted octanol–water partition coefficient (Wildman–Crippen LogP) is 4.88. The molecule has 4 rings (SSSR count). The molecule has 2 N–H and O–H groups in total. The molecule has 0 spiro atoms.